The van der Waals surface area contributed by atoms with E-state index in [-0.39, 0.29) is 18.0 Å². The van der Waals surface area contributed by atoms with Gasteiger partial charge in [-0.3, -0.25) is 0 Å². The van der Waals surface area contributed by atoms with Gasteiger partial charge in [0.05, 0.1) is 13.2 Å². The number of likely N-dealkylation sites (N-methyl/N-ethyl adjacent to an activating group) is 1. The molecule has 0 saturated carbocycles. The number of aliphatic hydroxyl groups excluding tert-OH is 1. The zero-order valence-corrected chi connectivity index (χ0v) is 21.2. The fourth-order valence-electron chi connectivity index (χ4n) is 4.02. The van der Waals surface area contributed by atoms with Crippen molar-refractivity contribution >= 4 is 5.97 Å². The van der Waals surface area contributed by atoms with Crippen molar-refractivity contribution in [3.63, 3.8) is 0 Å². The lowest BCUT2D eigenvalue weighted by molar-refractivity contribution is -0.137. The summed E-state index contributed by atoms with van der Waals surface area (Å²) in [5, 5.41) is 8.87. The Morgan fingerprint density at radius 3 is 2.56 bits per heavy atom. The van der Waals surface area contributed by atoms with Crippen molar-refractivity contribution in [1.29, 1.82) is 0 Å². The Morgan fingerprint density at radius 1 is 1.12 bits per heavy atom. The maximum atomic E-state index is 11.9. The van der Waals surface area contributed by atoms with Gasteiger partial charge in [0.2, 0.25) is 0 Å². The lowest BCUT2D eigenvalue weighted by atomic mass is 9.72. The van der Waals surface area contributed by atoms with Gasteiger partial charge in [-0.05, 0) is 89.4 Å². The Hall–Kier alpha value is -1.91. The minimum atomic E-state index is -0.285. The van der Waals surface area contributed by atoms with Gasteiger partial charge < -0.3 is 14.7 Å². The maximum absolute atomic E-state index is 11.9. The van der Waals surface area contributed by atoms with Gasteiger partial charge in [0.1, 0.15) is 0 Å². The van der Waals surface area contributed by atoms with Crippen LogP contribution in [0, 0.1) is 5.41 Å². The van der Waals surface area contributed by atoms with Gasteiger partial charge in [-0.25, -0.2) is 4.79 Å². The van der Waals surface area contributed by atoms with Crippen LogP contribution in [0.4, 0.5) is 0 Å². The number of allylic oxidation sites excluding steroid dienone is 9. The molecule has 4 heteroatoms. The molecule has 0 radical (unpaired) electrons. The van der Waals surface area contributed by atoms with E-state index in [1.54, 1.807) is 6.08 Å². The molecule has 0 saturated heterocycles. The number of nitrogens with zero attached hydrogens (tertiary/aromatic N) is 1. The van der Waals surface area contributed by atoms with E-state index in [9.17, 15) is 4.79 Å². The summed E-state index contributed by atoms with van der Waals surface area (Å²) in [5.74, 6) is -0.285. The monoisotopic (exact) mass is 443 g/mol. The minimum absolute atomic E-state index is 0.191. The molecule has 0 unspecified atom stereocenters. The summed E-state index contributed by atoms with van der Waals surface area (Å²) in [6, 6.07) is 0. The fraction of sp³-hybridized carbons (Fsp3) is 0.607. The van der Waals surface area contributed by atoms with Crippen molar-refractivity contribution in [1.82, 2.24) is 4.90 Å². The van der Waals surface area contributed by atoms with Crippen LogP contribution in [-0.2, 0) is 9.53 Å². The topological polar surface area (TPSA) is 49.8 Å². The van der Waals surface area contributed by atoms with E-state index in [4.69, 9.17) is 9.84 Å². The SMILES string of the molecule is CC1=C(/C=C/C(C)=C/C=C/C(C)=C/C(=O)OCCCCCN(C)CCO)C(C)(C)CCC1. The predicted molar refractivity (Wildman–Crippen MR) is 136 cm³/mol. The Kier molecular flexibility index (Phi) is 13.2. The van der Waals surface area contributed by atoms with E-state index in [2.05, 4.69) is 50.8 Å². The number of carbonyl (C=O) groups excluding carboxylic acids is 1. The van der Waals surface area contributed by atoms with Crippen molar-refractivity contribution in [3.8, 4) is 0 Å². The number of aliphatic hydroxyl groups is 1. The summed E-state index contributed by atoms with van der Waals surface area (Å²) in [5.41, 5.74) is 5.29. The predicted octanol–water partition coefficient (Wildman–Crippen LogP) is 6.16. The average molecular weight is 444 g/mol. The van der Waals surface area contributed by atoms with Crippen molar-refractivity contribution < 1.29 is 14.6 Å². The number of hydrogen-bond acceptors (Lipinski definition) is 4. The highest BCUT2D eigenvalue weighted by Crippen LogP contribution is 2.40. The van der Waals surface area contributed by atoms with Crippen molar-refractivity contribution in [3.05, 3.63) is 58.7 Å². The molecule has 0 atom stereocenters. The summed E-state index contributed by atoms with van der Waals surface area (Å²) in [4.78, 5) is 14.0. The fourth-order valence-corrected chi connectivity index (χ4v) is 4.02. The van der Waals surface area contributed by atoms with E-state index in [0.717, 1.165) is 31.4 Å². The number of esters is 1. The van der Waals surface area contributed by atoms with Crippen LogP contribution in [0.1, 0.15) is 73.1 Å². The lowest BCUT2D eigenvalue weighted by Crippen LogP contribution is -2.23. The number of carbonyl (C=O) groups is 1. The van der Waals surface area contributed by atoms with E-state index in [1.807, 2.05) is 26.1 Å². The molecule has 0 aromatic heterocycles. The highest BCUT2D eigenvalue weighted by molar-refractivity contribution is 5.83. The van der Waals surface area contributed by atoms with Crippen LogP contribution in [0.2, 0.25) is 0 Å². The molecule has 0 spiro atoms. The van der Waals surface area contributed by atoms with Crippen molar-refractivity contribution in [2.24, 2.45) is 5.41 Å². The molecular weight excluding hydrogens is 398 g/mol. The Balaban J connectivity index is 2.40. The van der Waals surface area contributed by atoms with Crippen LogP contribution in [0.3, 0.4) is 0 Å². The first kappa shape index (κ1) is 28.1. The Labute approximate surface area is 196 Å². The van der Waals surface area contributed by atoms with Crippen LogP contribution in [-0.4, -0.2) is 49.3 Å². The number of hydrogen-bond donors (Lipinski definition) is 1. The summed E-state index contributed by atoms with van der Waals surface area (Å²) in [6.45, 7) is 13.2. The highest BCUT2D eigenvalue weighted by Gasteiger charge is 2.26. The highest BCUT2D eigenvalue weighted by atomic mass is 16.5. The van der Waals surface area contributed by atoms with Crippen LogP contribution in [0.25, 0.3) is 0 Å². The van der Waals surface area contributed by atoms with Gasteiger partial charge in [-0.15, -0.1) is 0 Å². The largest absolute Gasteiger partial charge is 0.463 e. The molecule has 1 aliphatic rings. The van der Waals surface area contributed by atoms with E-state index in [1.165, 1.54) is 36.0 Å². The maximum Gasteiger partial charge on any atom is 0.331 e. The summed E-state index contributed by atoms with van der Waals surface area (Å²) in [6.07, 6.45) is 18.6. The second-order valence-electron chi connectivity index (χ2n) is 9.68. The molecule has 180 valence electrons. The smallest absolute Gasteiger partial charge is 0.331 e. The van der Waals surface area contributed by atoms with Gasteiger partial charge in [-0.1, -0.05) is 55.4 Å². The van der Waals surface area contributed by atoms with Gasteiger partial charge in [-0.2, -0.15) is 0 Å². The molecule has 0 aromatic carbocycles. The van der Waals surface area contributed by atoms with Crippen LogP contribution in [0.5, 0.6) is 0 Å². The van der Waals surface area contributed by atoms with Gasteiger partial charge in [0.25, 0.3) is 0 Å². The molecule has 0 aromatic rings. The zero-order chi connectivity index (χ0) is 24.0. The van der Waals surface area contributed by atoms with Gasteiger partial charge in [0.15, 0.2) is 0 Å². The third-order valence-corrected chi connectivity index (χ3v) is 6.03. The van der Waals surface area contributed by atoms with Crippen molar-refractivity contribution in [2.75, 3.05) is 33.4 Å². The normalized spacial score (nSPS) is 17.8. The molecule has 0 bridgehead atoms. The molecule has 32 heavy (non-hydrogen) atoms. The molecule has 0 heterocycles. The van der Waals surface area contributed by atoms with E-state index < -0.39 is 0 Å². The standard InChI is InChI=1S/C28H45NO3/c1-23(15-16-26-25(3)14-11-17-28(26,4)5)12-10-13-24(2)22-27(31)32-21-9-7-8-18-29(6)19-20-30/h10,12-13,15-16,22,30H,7-9,11,14,17-21H2,1-6H3/b13-10+,16-15+,23-12+,24-22+. The summed E-state index contributed by atoms with van der Waals surface area (Å²) < 4.78 is 5.30. The van der Waals surface area contributed by atoms with Gasteiger partial charge in [0, 0.05) is 12.6 Å². The lowest BCUT2D eigenvalue weighted by Gasteiger charge is -2.32. The molecule has 4 nitrogen and oxygen atoms in total. The minimum Gasteiger partial charge on any atom is -0.463 e. The molecule has 1 rings (SSSR count). The first-order valence-corrected chi connectivity index (χ1v) is 12.0. The van der Waals surface area contributed by atoms with Crippen molar-refractivity contribution in [2.45, 2.75) is 73.1 Å². The molecule has 0 fully saturated rings. The number of unbranched alkanes of at least 4 members (excludes halogenated alkanes) is 2. The zero-order valence-electron chi connectivity index (χ0n) is 21.2. The Bertz CT molecular complexity index is 738. The number of rotatable bonds is 13. The first-order chi connectivity index (χ1) is 15.2. The summed E-state index contributed by atoms with van der Waals surface area (Å²) >= 11 is 0. The van der Waals surface area contributed by atoms with Crippen LogP contribution in [0.15, 0.2) is 58.7 Å². The molecular formula is C28H45NO3. The molecule has 0 amide bonds. The first-order valence-electron chi connectivity index (χ1n) is 12.0. The quantitative estimate of drug-likeness (QED) is 0.160. The van der Waals surface area contributed by atoms with Crippen LogP contribution < -0.4 is 0 Å². The molecule has 1 aliphatic carbocycles. The molecule has 1 N–H and O–H groups in total. The third kappa shape index (κ3) is 11.6. The van der Waals surface area contributed by atoms with Gasteiger partial charge >= 0.3 is 5.97 Å². The average Bonchev–Trinajstić information content (AvgIpc) is 2.69. The van der Waals surface area contributed by atoms with E-state index in [0.29, 0.717) is 13.2 Å². The van der Waals surface area contributed by atoms with Crippen LogP contribution >= 0.6 is 0 Å². The Morgan fingerprint density at radius 2 is 1.88 bits per heavy atom. The summed E-state index contributed by atoms with van der Waals surface area (Å²) in [7, 11) is 2.00. The molecule has 0 aliphatic heterocycles. The third-order valence-electron chi connectivity index (χ3n) is 6.03. The second kappa shape index (κ2) is 15.0. The number of ether oxygens (including phenoxy) is 1. The van der Waals surface area contributed by atoms with E-state index >= 15 is 0 Å². The second-order valence-corrected chi connectivity index (χ2v) is 9.68.